The molecule has 0 aromatic carbocycles. The van der Waals surface area contributed by atoms with Gasteiger partial charge < -0.3 is 19.5 Å². The van der Waals surface area contributed by atoms with Gasteiger partial charge in [-0.2, -0.15) is 0 Å². The number of rotatable bonds is 3. The van der Waals surface area contributed by atoms with E-state index in [0.29, 0.717) is 31.9 Å². The van der Waals surface area contributed by atoms with Crippen molar-refractivity contribution in [1.82, 2.24) is 15.1 Å². The first-order valence-corrected chi connectivity index (χ1v) is 7.68. The van der Waals surface area contributed by atoms with E-state index in [2.05, 4.69) is 5.32 Å². The van der Waals surface area contributed by atoms with Crippen LogP contribution in [0.25, 0.3) is 0 Å². The molecular formula is C16H23N3O4. The Labute approximate surface area is 135 Å². The number of carbonyl (C=O) groups excluding carboxylic acids is 3. The van der Waals surface area contributed by atoms with Crippen LogP contribution in [0.5, 0.6) is 0 Å². The molecule has 1 saturated heterocycles. The third kappa shape index (κ3) is 4.34. The van der Waals surface area contributed by atoms with Gasteiger partial charge in [0.15, 0.2) is 5.76 Å². The van der Waals surface area contributed by atoms with E-state index in [1.54, 1.807) is 42.7 Å². The highest BCUT2D eigenvalue weighted by Gasteiger charge is 2.27. The second-order valence-electron chi connectivity index (χ2n) is 6.58. The van der Waals surface area contributed by atoms with Crippen molar-refractivity contribution >= 4 is 17.7 Å². The molecule has 1 aliphatic rings. The molecule has 2 rings (SSSR count). The van der Waals surface area contributed by atoms with Gasteiger partial charge >= 0.3 is 0 Å². The van der Waals surface area contributed by atoms with E-state index >= 15 is 0 Å². The molecule has 1 fully saturated rings. The number of furan rings is 1. The van der Waals surface area contributed by atoms with Crippen molar-refractivity contribution in [3.05, 3.63) is 24.2 Å². The minimum Gasteiger partial charge on any atom is -0.459 e. The smallest absolute Gasteiger partial charge is 0.289 e. The summed E-state index contributed by atoms with van der Waals surface area (Å²) in [5.74, 6) is -0.143. The van der Waals surface area contributed by atoms with Gasteiger partial charge in [0.05, 0.1) is 12.8 Å². The van der Waals surface area contributed by atoms with Gasteiger partial charge in [0.25, 0.3) is 5.91 Å². The van der Waals surface area contributed by atoms with Gasteiger partial charge in [-0.05, 0) is 12.1 Å². The van der Waals surface area contributed by atoms with E-state index in [1.807, 2.05) is 0 Å². The lowest BCUT2D eigenvalue weighted by Crippen LogP contribution is -2.53. The van der Waals surface area contributed by atoms with Crippen LogP contribution in [0.3, 0.4) is 0 Å². The van der Waals surface area contributed by atoms with Gasteiger partial charge in [0, 0.05) is 31.6 Å². The topological polar surface area (TPSA) is 82.9 Å². The van der Waals surface area contributed by atoms with Gasteiger partial charge in [-0.15, -0.1) is 0 Å². The first kappa shape index (κ1) is 17.1. The van der Waals surface area contributed by atoms with E-state index in [1.165, 1.54) is 6.26 Å². The van der Waals surface area contributed by atoms with Crippen molar-refractivity contribution in [2.75, 3.05) is 32.7 Å². The normalized spacial score (nSPS) is 15.4. The maximum Gasteiger partial charge on any atom is 0.289 e. The van der Waals surface area contributed by atoms with Crippen LogP contribution in [0.15, 0.2) is 22.8 Å². The first-order valence-electron chi connectivity index (χ1n) is 7.68. The van der Waals surface area contributed by atoms with Gasteiger partial charge in [-0.3, -0.25) is 14.4 Å². The number of nitrogens with one attached hydrogen (secondary N) is 1. The first-order chi connectivity index (χ1) is 10.8. The molecule has 0 aliphatic carbocycles. The largest absolute Gasteiger partial charge is 0.459 e. The number of carbonyl (C=O) groups is 3. The fourth-order valence-corrected chi connectivity index (χ4v) is 2.25. The zero-order chi connectivity index (χ0) is 17.0. The average Bonchev–Trinajstić information content (AvgIpc) is 3.05. The maximum atomic E-state index is 12.1. The molecule has 7 nitrogen and oxygen atoms in total. The number of hydrogen-bond acceptors (Lipinski definition) is 4. The van der Waals surface area contributed by atoms with Crippen molar-refractivity contribution < 1.29 is 18.8 Å². The Kier molecular flexibility index (Phi) is 5.08. The molecule has 126 valence electrons. The highest BCUT2D eigenvalue weighted by atomic mass is 16.3. The lowest BCUT2D eigenvalue weighted by molar-refractivity contribution is -0.136. The lowest BCUT2D eigenvalue weighted by atomic mass is 9.96. The van der Waals surface area contributed by atoms with Crippen LogP contribution in [0.2, 0.25) is 0 Å². The van der Waals surface area contributed by atoms with E-state index in [9.17, 15) is 14.4 Å². The van der Waals surface area contributed by atoms with Crippen LogP contribution in [0, 0.1) is 5.41 Å². The van der Waals surface area contributed by atoms with Crippen LogP contribution in [0.4, 0.5) is 0 Å². The molecule has 3 amide bonds. The molecular weight excluding hydrogens is 298 g/mol. The van der Waals surface area contributed by atoms with E-state index in [4.69, 9.17) is 4.42 Å². The van der Waals surface area contributed by atoms with Crippen molar-refractivity contribution in [3.63, 3.8) is 0 Å². The Hall–Kier alpha value is -2.31. The summed E-state index contributed by atoms with van der Waals surface area (Å²) in [6.07, 6.45) is 1.46. The van der Waals surface area contributed by atoms with Crippen LogP contribution >= 0.6 is 0 Å². The fourth-order valence-electron chi connectivity index (χ4n) is 2.25. The highest BCUT2D eigenvalue weighted by molar-refractivity contribution is 5.92. The molecule has 0 spiro atoms. The number of nitrogens with zero attached hydrogens (tertiary/aromatic N) is 2. The second-order valence-corrected chi connectivity index (χ2v) is 6.58. The van der Waals surface area contributed by atoms with E-state index in [-0.39, 0.29) is 24.3 Å². The Bertz CT molecular complexity index is 567. The molecule has 0 saturated carbocycles. The predicted molar refractivity (Wildman–Crippen MR) is 83.7 cm³/mol. The molecule has 0 bridgehead atoms. The summed E-state index contributed by atoms with van der Waals surface area (Å²) in [7, 11) is 0. The Morgan fingerprint density at radius 2 is 1.74 bits per heavy atom. The molecule has 0 unspecified atom stereocenters. The maximum absolute atomic E-state index is 12.1. The van der Waals surface area contributed by atoms with Gasteiger partial charge in [0.2, 0.25) is 11.8 Å². The Morgan fingerprint density at radius 1 is 1.13 bits per heavy atom. The predicted octanol–water partition coefficient (Wildman–Crippen LogP) is 0.726. The summed E-state index contributed by atoms with van der Waals surface area (Å²) in [6.45, 7) is 7.20. The molecule has 2 heterocycles. The third-order valence-electron chi connectivity index (χ3n) is 3.73. The number of piperazine rings is 1. The van der Waals surface area contributed by atoms with Gasteiger partial charge in [-0.25, -0.2) is 0 Å². The number of amides is 3. The standard InChI is InChI=1S/C16H23N3O4/c1-16(2,3)15(22)17-11-13(20)18-6-8-19(9-7-18)14(21)12-5-4-10-23-12/h4-5,10H,6-9,11H2,1-3H3,(H,17,22). The van der Waals surface area contributed by atoms with Crippen molar-refractivity contribution in [3.8, 4) is 0 Å². The molecule has 1 aromatic rings. The van der Waals surface area contributed by atoms with Crippen LogP contribution < -0.4 is 5.32 Å². The zero-order valence-corrected chi connectivity index (χ0v) is 13.8. The Balaban J connectivity index is 1.79. The summed E-state index contributed by atoms with van der Waals surface area (Å²) < 4.78 is 5.10. The third-order valence-corrected chi connectivity index (χ3v) is 3.73. The number of hydrogen-bond donors (Lipinski definition) is 1. The molecule has 1 N–H and O–H groups in total. The molecule has 23 heavy (non-hydrogen) atoms. The van der Waals surface area contributed by atoms with Crippen molar-refractivity contribution in [1.29, 1.82) is 0 Å². The van der Waals surface area contributed by atoms with Crippen LogP contribution in [-0.2, 0) is 9.59 Å². The molecule has 0 atom stereocenters. The summed E-state index contributed by atoms with van der Waals surface area (Å²) >= 11 is 0. The SMILES string of the molecule is CC(C)(C)C(=O)NCC(=O)N1CCN(C(=O)c2ccco2)CC1. The van der Waals surface area contributed by atoms with Crippen molar-refractivity contribution in [2.45, 2.75) is 20.8 Å². The summed E-state index contributed by atoms with van der Waals surface area (Å²) in [6, 6.07) is 3.30. The van der Waals surface area contributed by atoms with E-state index in [0.717, 1.165) is 0 Å². The van der Waals surface area contributed by atoms with Gasteiger partial charge in [0.1, 0.15) is 0 Å². The average molecular weight is 321 g/mol. The minimum atomic E-state index is -0.519. The van der Waals surface area contributed by atoms with Crippen LogP contribution in [0.1, 0.15) is 31.3 Å². The Morgan fingerprint density at radius 3 is 2.26 bits per heavy atom. The summed E-state index contributed by atoms with van der Waals surface area (Å²) in [4.78, 5) is 39.4. The molecule has 0 radical (unpaired) electrons. The van der Waals surface area contributed by atoms with Crippen LogP contribution in [-0.4, -0.2) is 60.2 Å². The lowest BCUT2D eigenvalue weighted by Gasteiger charge is -2.34. The summed E-state index contributed by atoms with van der Waals surface area (Å²) in [5.41, 5.74) is -0.519. The fraction of sp³-hybridized carbons (Fsp3) is 0.562. The zero-order valence-electron chi connectivity index (χ0n) is 13.8. The summed E-state index contributed by atoms with van der Waals surface area (Å²) in [5, 5.41) is 2.65. The highest BCUT2D eigenvalue weighted by Crippen LogP contribution is 2.12. The van der Waals surface area contributed by atoms with E-state index < -0.39 is 5.41 Å². The molecule has 7 heteroatoms. The molecule has 1 aromatic heterocycles. The minimum absolute atomic E-state index is 0.0117. The molecule has 1 aliphatic heterocycles. The quantitative estimate of drug-likeness (QED) is 0.889. The monoisotopic (exact) mass is 321 g/mol. The van der Waals surface area contributed by atoms with Crippen molar-refractivity contribution in [2.24, 2.45) is 5.41 Å². The second kappa shape index (κ2) is 6.85. The van der Waals surface area contributed by atoms with Gasteiger partial charge in [-0.1, -0.05) is 20.8 Å².